The van der Waals surface area contributed by atoms with Gasteiger partial charge in [-0.1, -0.05) is 29.8 Å². The maximum Gasteiger partial charge on any atom is 0.319 e. The first-order valence-corrected chi connectivity index (χ1v) is 8.22. The number of nitrogens with zero attached hydrogens (tertiary/aromatic N) is 3. The number of carbonyl (C=O) groups excluding carboxylic acids is 2. The van der Waals surface area contributed by atoms with E-state index >= 15 is 0 Å². The lowest BCUT2D eigenvalue weighted by atomic mass is 9.85. The Morgan fingerprint density at radius 1 is 1.26 bits per heavy atom. The van der Waals surface area contributed by atoms with Crippen LogP contribution in [-0.4, -0.2) is 60.4 Å². The lowest BCUT2D eigenvalue weighted by molar-refractivity contribution is -0.135. The second-order valence-electron chi connectivity index (χ2n) is 7.09. The van der Waals surface area contributed by atoms with Crippen molar-refractivity contribution in [2.75, 3.05) is 33.7 Å². The zero-order chi connectivity index (χ0) is 16.6. The van der Waals surface area contributed by atoms with Crippen LogP contribution in [0.3, 0.4) is 0 Å². The molecular weight excluding hydrogens is 290 g/mol. The third kappa shape index (κ3) is 2.92. The van der Waals surface area contributed by atoms with Crippen LogP contribution in [0.5, 0.6) is 0 Å². The summed E-state index contributed by atoms with van der Waals surface area (Å²) in [5.41, 5.74) is 2.04. The number of hydrogen-bond acceptors (Lipinski definition) is 2. The zero-order valence-corrected chi connectivity index (χ0v) is 14.2. The summed E-state index contributed by atoms with van der Waals surface area (Å²) in [6.07, 6.45) is 1.64. The number of hydrogen-bond donors (Lipinski definition) is 0. The van der Waals surface area contributed by atoms with Crippen molar-refractivity contribution in [1.29, 1.82) is 0 Å². The highest BCUT2D eigenvalue weighted by Gasteiger charge is 2.51. The molecule has 0 bridgehead atoms. The molecule has 0 aliphatic carbocycles. The van der Waals surface area contributed by atoms with Crippen LogP contribution < -0.4 is 0 Å². The SMILES string of the molecule is Cc1cccc(CN2CC[C@]3(CCN(C(=O)N(C)C)C3)C2=O)c1. The van der Waals surface area contributed by atoms with E-state index in [-0.39, 0.29) is 17.4 Å². The Labute approximate surface area is 137 Å². The van der Waals surface area contributed by atoms with Gasteiger partial charge in [0.05, 0.1) is 5.41 Å². The summed E-state index contributed by atoms with van der Waals surface area (Å²) in [6, 6.07) is 8.31. The lowest BCUT2D eigenvalue weighted by Gasteiger charge is -2.25. The second kappa shape index (κ2) is 5.87. The summed E-state index contributed by atoms with van der Waals surface area (Å²) in [7, 11) is 3.52. The molecule has 0 aromatic heterocycles. The normalized spacial score (nSPS) is 23.9. The van der Waals surface area contributed by atoms with Gasteiger partial charge in [-0.2, -0.15) is 0 Å². The minimum atomic E-state index is -0.352. The molecule has 2 aliphatic heterocycles. The van der Waals surface area contributed by atoms with Gasteiger partial charge >= 0.3 is 6.03 Å². The van der Waals surface area contributed by atoms with E-state index in [1.807, 2.05) is 15.9 Å². The summed E-state index contributed by atoms with van der Waals surface area (Å²) in [4.78, 5) is 30.4. The molecule has 0 radical (unpaired) electrons. The van der Waals surface area contributed by atoms with Crippen molar-refractivity contribution in [3.63, 3.8) is 0 Å². The first-order valence-electron chi connectivity index (χ1n) is 8.22. The summed E-state index contributed by atoms with van der Waals surface area (Å²) in [6.45, 7) is 4.77. The third-order valence-electron chi connectivity index (χ3n) is 5.06. The van der Waals surface area contributed by atoms with Crippen LogP contribution in [0.1, 0.15) is 24.0 Å². The first kappa shape index (κ1) is 15.8. The van der Waals surface area contributed by atoms with Crippen LogP contribution in [0.15, 0.2) is 24.3 Å². The highest BCUT2D eigenvalue weighted by atomic mass is 16.2. The van der Waals surface area contributed by atoms with Gasteiger partial charge in [0.2, 0.25) is 5.91 Å². The smallest absolute Gasteiger partial charge is 0.319 e. The molecule has 2 saturated heterocycles. The van der Waals surface area contributed by atoms with E-state index in [0.717, 1.165) is 19.4 Å². The topological polar surface area (TPSA) is 43.9 Å². The van der Waals surface area contributed by atoms with Gasteiger partial charge in [0.15, 0.2) is 0 Å². The maximum absolute atomic E-state index is 12.9. The Bertz CT molecular complexity index is 628. The molecule has 0 N–H and O–H groups in total. The Kier molecular flexibility index (Phi) is 4.04. The Morgan fingerprint density at radius 2 is 2.00 bits per heavy atom. The molecule has 3 amide bonds. The minimum Gasteiger partial charge on any atom is -0.338 e. The van der Waals surface area contributed by atoms with Crippen LogP contribution >= 0.6 is 0 Å². The number of carbonyl (C=O) groups is 2. The summed E-state index contributed by atoms with van der Waals surface area (Å²) >= 11 is 0. The molecule has 1 aromatic rings. The molecule has 124 valence electrons. The molecule has 1 spiro atoms. The summed E-state index contributed by atoms with van der Waals surface area (Å²) in [5.74, 6) is 0.216. The van der Waals surface area contributed by atoms with Crippen molar-refractivity contribution in [3.05, 3.63) is 35.4 Å². The van der Waals surface area contributed by atoms with Crippen molar-refractivity contribution in [3.8, 4) is 0 Å². The number of likely N-dealkylation sites (tertiary alicyclic amines) is 2. The fraction of sp³-hybridized carbons (Fsp3) is 0.556. The van der Waals surface area contributed by atoms with Crippen LogP contribution in [0.4, 0.5) is 4.79 Å². The molecule has 0 saturated carbocycles. The molecule has 1 aromatic carbocycles. The van der Waals surface area contributed by atoms with Crippen LogP contribution in [-0.2, 0) is 11.3 Å². The van der Waals surface area contributed by atoms with E-state index in [4.69, 9.17) is 0 Å². The van der Waals surface area contributed by atoms with E-state index in [1.54, 1.807) is 19.0 Å². The van der Waals surface area contributed by atoms with Gasteiger partial charge in [0.25, 0.3) is 0 Å². The predicted molar refractivity (Wildman–Crippen MR) is 88.9 cm³/mol. The third-order valence-corrected chi connectivity index (χ3v) is 5.06. The Morgan fingerprint density at radius 3 is 2.70 bits per heavy atom. The van der Waals surface area contributed by atoms with Gasteiger partial charge in [-0.3, -0.25) is 4.79 Å². The van der Waals surface area contributed by atoms with Gasteiger partial charge < -0.3 is 14.7 Å². The average Bonchev–Trinajstić information content (AvgIpc) is 3.07. The lowest BCUT2D eigenvalue weighted by Crippen LogP contribution is -2.41. The molecule has 0 unspecified atom stereocenters. The van der Waals surface area contributed by atoms with Crippen LogP contribution in [0, 0.1) is 12.3 Å². The highest BCUT2D eigenvalue weighted by molar-refractivity contribution is 5.87. The van der Waals surface area contributed by atoms with Crippen molar-refractivity contribution in [2.45, 2.75) is 26.3 Å². The second-order valence-corrected chi connectivity index (χ2v) is 7.09. The fourth-order valence-corrected chi connectivity index (χ4v) is 3.77. The standard InChI is InChI=1S/C18H25N3O2/c1-14-5-4-6-15(11-14)12-20-9-7-18(16(20)22)8-10-21(13-18)17(23)19(2)3/h4-6,11H,7-10,12-13H2,1-3H3/t18-/m1/s1. The largest absolute Gasteiger partial charge is 0.338 e. The number of urea groups is 1. The average molecular weight is 315 g/mol. The van der Waals surface area contributed by atoms with E-state index in [9.17, 15) is 9.59 Å². The first-order chi connectivity index (χ1) is 10.9. The molecule has 2 aliphatic rings. The molecule has 5 nitrogen and oxygen atoms in total. The van der Waals surface area contributed by atoms with Gasteiger partial charge in [-0.15, -0.1) is 0 Å². The minimum absolute atomic E-state index is 0.00630. The molecule has 1 atom stereocenters. The Balaban J connectivity index is 1.68. The quantitative estimate of drug-likeness (QED) is 0.839. The molecule has 5 heteroatoms. The zero-order valence-electron chi connectivity index (χ0n) is 14.2. The van der Waals surface area contributed by atoms with Gasteiger partial charge in [-0.25, -0.2) is 4.79 Å². The highest BCUT2D eigenvalue weighted by Crippen LogP contribution is 2.41. The molecular formula is C18H25N3O2. The number of benzene rings is 1. The van der Waals surface area contributed by atoms with Crippen LogP contribution in [0.2, 0.25) is 0 Å². The van der Waals surface area contributed by atoms with E-state index in [0.29, 0.717) is 19.6 Å². The van der Waals surface area contributed by atoms with Crippen molar-refractivity contribution in [1.82, 2.24) is 14.7 Å². The molecule has 23 heavy (non-hydrogen) atoms. The molecule has 3 rings (SSSR count). The van der Waals surface area contributed by atoms with Gasteiger partial charge in [0, 0.05) is 40.3 Å². The summed E-state index contributed by atoms with van der Waals surface area (Å²) in [5, 5.41) is 0. The molecule has 2 fully saturated rings. The van der Waals surface area contributed by atoms with E-state index in [2.05, 4.69) is 25.1 Å². The number of amides is 3. The monoisotopic (exact) mass is 315 g/mol. The van der Waals surface area contributed by atoms with Gasteiger partial charge in [0.1, 0.15) is 0 Å². The number of rotatable bonds is 2. The van der Waals surface area contributed by atoms with E-state index < -0.39 is 0 Å². The summed E-state index contributed by atoms with van der Waals surface area (Å²) < 4.78 is 0. The van der Waals surface area contributed by atoms with Gasteiger partial charge in [-0.05, 0) is 25.3 Å². The fourth-order valence-electron chi connectivity index (χ4n) is 3.77. The van der Waals surface area contributed by atoms with Crippen molar-refractivity contribution < 1.29 is 9.59 Å². The molecule has 2 heterocycles. The number of aryl methyl sites for hydroxylation is 1. The van der Waals surface area contributed by atoms with Crippen LogP contribution in [0.25, 0.3) is 0 Å². The van der Waals surface area contributed by atoms with E-state index in [1.165, 1.54) is 11.1 Å². The van der Waals surface area contributed by atoms with Crippen molar-refractivity contribution >= 4 is 11.9 Å². The van der Waals surface area contributed by atoms with Crippen molar-refractivity contribution in [2.24, 2.45) is 5.41 Å². The predicted octanol–water partition coefficient (Wildman–Crippen LogP) is 2.10. The Hall–Kier alpha value is -2.04. The maximum atomic E-state index is 12.9.